The van der Waals surface area contributed by atoms with Crippen LogP contribution in [0.3, 0.4) is 0 Å². The molecule has 90 valence electrons. The van der Waals surface area contributed by atoms with Crippen molar-refractivity contribution in [3.63, 3.8) is 0 Å². The third-order valence-electron chi connectivity index (χ3n) is 2.71. The summed E-state index contributed by atoms with van der Waals surface area (Å²) < 4.78 is 26.8. The van der Waals surface area contributed by atoms with Gasteiger partial charge in [0.2, 0.25) is 0 Å². The monoisotopic (exact) mass is 245 g/mol. The van der Waals surface area contributed by atoms with Crippen molar-refractivity contribution in [2.24, 2.45) is 0 Å². The molecule has 0 fully saturated rings. The zero-order valence-electron chi connectivity index (χ0n) is 9.24. The highest BCUT2D eigenvalue weighted by Gasteiger charge is 2.13. The Balaban J connectivity index is 2.22. The molecule has 2 aromatic carbocycles. The molecular formula is C13H9F2N3. The topological polar surface area (TPSA) is 54.7 Å². The molecule has 3 rings (SSSR count). The quantitative estimate of drug-likeness (QED) is 0.647. The molecule has 18 heavy (non-hydrogen) atoms. The highest BCUT2D eigenvalue weighted by Crippen LogP contribution is 2.25. The van der Waals surface area contributed by atoms with Crippen LogP contribution < -0.4 is 5.73 Å². The standard InChI is InChI=1S/C13H9F2N3/c14-9-3-1-2-8(12(9)15)13-17-10-5-4-7(16)6-11(10)18-13/h1-6H,16H2,(H,17,18). The molecule has 0 bridgehead atoms. The Bertz CT molecular complexity index is 734. The van der Waals surface area contributed by atoms with Crippen LogP contribution in [0.25, 0.3) is 22.4 Å². The first kappa shape index (κ1) is 10.7. The molecule has 3 nitrogen and oxygen atoms in total. The van der Waals surface area contributed by atoms with Crippen molar-refractivity contribution >= 4 is 16.7 Å². The molecular weight excluding hydrogens is 236 g/mol. The Morgan fingerprint density at radius 2 is 1.94 bits per heavy atom. The number of nitrogens with two attached hydrogens (primary N) is 1. The molecule has 0 unspecified atom stereocenters. The second kappa shape index (κ2) is 3.80. The minimum Gasteiger partial charge on any atom is -0.399 e. The Labute approximate surface area is 101 Å². The Kier molecular flexibility index (Phi) is 2.26. The Hall–Kier alpha value is -2.43. The maximum Gasteiger partial charge on any atom is 0.169 e. The number of fused-ring (bicyclic) bond motifs is 1. The molecule has 0 saturated heterocycles. The summed E-state index contributed by atoms with van der Waals surface area (Å²) in [5.41, 5.74) is 7.67. The average molecular weight is 245 g/mol. The smallest absolute Gasteiger partial charge is 0.169 e. The van der Waals surface area contributed by atoms with Crippen molar-refractivity contribution in [2.45, 2.75) is 0 Å². The third kappa shape index (κ3) is 1.60. The fourth-order valence-electron chi connectivity index (χ4n) is 1.84. The lowest BCUT2D eigenvalue weighted by Gasteiger charge is -1.99. The summed E-state index contributed by atoms with van der Waals surface area (Å²) in [6, 6.07) is 9.11. The van der Waals surface area contributed by atoms with Crippen LogP contribution >= 0.6 is 0 Å². The number of nitrogens with zero attached hydrogens (tertiary/aromatic N) is 1. The Morgan fingerprint density at radius 1 is 1.11 bits per heavy atom. The molecule has 5 heteroatoms. The molecule has 0 aliphatic rings. The summed E-state index contributed by atoms with van der Waals surface area (Å²) >= 11 is 0. The van der Waals surface area contributed by atoms with Gasteiger partial charge in [-0.15, -0.1) is 0 Å². The SMILES string of the molecule is Nc1ccc2nc(-c3cccc(F)c3F)[nH]c2c1. The number of hydrogen-bond acceptors (Lipinski definition) is 2. The summed E-state index contributed by atoms with van der Waals surface area (Å²) in [6.45, 7) is 0. The molecule has 1 aromatic heterocycles. The van der Waals surface area contributed by atoms with Crippen molar-refractivity contribution < 1.29 is 8.78 Å². The molecule has 0 amide bonds. The van der Waals surface area contributed by atoms with Crippen LogP contribution in [0.15, 0.2) is 36.4 Å². The van der Waals surface area contributed by atoms with Crippen molar-refractivity contribution in [1.82, 2.24) is 9.97 Å². The van der Waals surface area contributed by atoms with E-state index in [2.05, 4.69) is 9.97 Å². The zero-order chi connectivity index (χ0) is 12.7. The molecule has 0 aliphatic heterocycles. The van der Waals surface area contributed by atoms with Gasteiger partial charge in [0.1, 0.15) is 5.82 Å². The van der Waals surface area contributed by atoms with Crippen LogP contribution in [0.5, 0.6) is 0 Å². The van der Waals surface area contributed by atoms with Gasteiger partial charge in [0.05, 0.1) is 16.6 Å². The van der Waals surface area contributed by atoms with Crippen LogP contribution in [0.1, 0.15) is 0 Å². The van der Waals surface area contributed by atoms with E-state index >= 15 is 0 Å². The number of nitrogen functional groups attached to an aromatic ring is 1. The highest BCUT2D eigenvalue weighted by atomic mass is 19.2. The summed E-state index contributed by atoms with van der Waals surface area (Å²) in [7, 11) is 0. The number of aromatic amines is 1. The van der Waals surface area contributed by atoms with E-state index in [1.807, 2.05) is 0 Å². The number of halogens is 2. The fraction of sp³-hybridized carbons (Fsp3) is 0. The molecule has 1 heterocycles. The van der Waals surface area contributed by atoms with Gasteiger partial charge >= 0.3 is 0 Å². The van der Waals surface area contributed by atoms with E-state index < -0.39 is 11.6 Å². The summed E-state index contributed by atoms with van der Waals surface area (Å²) in [4.78, 5) is 7.13. The fourth-order valence-corrected chi connectivity index (χ4v) is 1.84. The highest BCUT2D eigenvalue weighted by molar-refractivity contribution is 5.82. The summed E-state index contributed by atoms with van der Waals surface area (Å²) in [5, 5.41) is 0. The number of hydrogen-bond donors (Lipinski definition) is 2. The summed E-state index contributed by atoms with van der Waals surface area (Å²) in [6.07, 6.45) is 0. The number of H-pyrrole nitrogens is 1. The van der Waals surface area contributed by atoms with Gasteiger partial charge in [-0.2, -0.15) is 0 Å². The van der Waals surface area contributed by atoms with Crippen molar-refractivity contribution in [3.8, 4) is 11.4 Å². The average Bonchev–Trinajstić information content (AvgIpc) is 2.75. The van der Waals surface area contributed by atoms with Crippen LogP contribution in [-0.2, 0) is 0 Å². The van der Waals surface area contributed by atoms with E-state index in [0.717, 1.165) is 6.07 Å². The van der Waals surface area contributed by atoms with Gasteiger partial charge < -0.3 is 10.7 Å². The predicted octanol–water partition coefficient (Wildman–Crippen LogP) is 3.09. The van der Waals surface area contributed by atoms with Crippen molar-refractivity contribution in [3.05, 3.63) is 48.0 Å². The van der Waals surface area contributed by atoms with E-state index in [1.54, 1.807) is 18.2 Å². The van der Waals surface area contributed by atoms with Gasteiger partial charge in [0, 0.05) is 5.69 Å². The van der Waals surface area contributed by atoms with E-state index in [9.17, 15) is 8.78 Å². The predicted molar refractivity (Wildman–Crippen MR) is 65.9 cm³/mol. The van der Waals surface area contributed by atoms with Crippen LogP contribution in [0.4, 0.5) is 14.5 Å². The van der Waals surface area contributed by atoms with Gasteiger partial charge in [-0.05, 0) is 30.3 Å². The first-order valence-electron chi connectivity index (χ1n) is 5.35. The molecule has 0 spiro atoms. The van der Waals surface area contributed by atoms with Crippen LogP contribution in [0, 0.1) is 11.6 Å². The van der Waals surface area contributed by atoms with Gasteiger partial charge in [0.15, 0.2) is 11.6 Å². The van der Waals surface area contributed by atoms with Crippen LogP contribution in [-0.4, -0.2) is 9.97 Å². The lowest BCUT2D eigenvalue weighted by atomic mass is 10.2. The molecule has 0 aliphatic carbocycles. The lowest BCUT2D eigenvalue weighted by molar-refractivity contribution is 0.510. The molecule has 0 radical (unpaired) electrons. The van der Waals surface area contributed by atoms with E-state index in [1.165, 1.54) is 12.1 Å². The van der Waals surface area contributed by atoms with Crippen LogP contribution in [0.2, 0.25) is 0 Å². The van der Waals surface area contributed by atoms with Gasteiger partial charge in [-0.1, -0.05) is 6.07 Å². The number of rotatable bonds is 1. The molecule has 0 saturated carbocycles. The number of aromatic nitrogens is 2. The molecule has 3 N–H and O–H groups in total. The number of anilines is 1. The van der Waals surface area contributed by atoms with Gasteiger partial charge in [0.25, 0.3) is 0 Å². The second-order valence-electron chi connectivity index (χ2n) is 3.96. The van der Waals surface area contributed by atoms with Gasteiger partial charge in [-0.25, -0.2) is 13.8 Å². The number of benzene rings is 2. The van der Waals surface area contributed by atoms with E-state index in [-0.39, 0.29) is 11.4 Å². The normalized spacial score (nSPS) is 11.0. The third-order valence-corrected chi connectivity index (χ3v) is 2.71. The van der Waals surface area contributed by atoms with Gasteiger partial charge in [-0.3, -0.25) is 0 Å². The minimum atomic E-state index is -0.912. The lowest BCUT2D eigenvalue weighted by Crippen LogP contribution is -1.90. The maximum atomic E-state index is 13.6. The van der Waals surface area contributed by atoms with Crippen molar-refractivity contribution in [1.29, 1.82) is 0 Å². The number of imidazole rings is 1. The van der Waals surface area contributed by atoms with E-state index in [4.69, 9.17) is 5.73 Å². The minimum absolute atomic E-state index is 0.102. The molecule has 0 atom stereocenters. The maximum absolute atomic E-state index is 13.6. The Morgan fingerprint density at radius 3 is 2.78 bits per heavy atom. The van der Waals surface area contributed by atoms with Crippen molar-refractivity contribution in [2.75, 3.05) is 5.73 Å². The largest absolute Gasteiger partial charge is 0.399 e. The first-order valence-corrected chi connectivity index (χ1v) is 5.35. The zero-order valence-corrected chi connectivity index (χ0v) is 9.24. The number of nitrogens with one attached hydrogen (secondary N) is 1. The van der Waals surface area contributed by atoms with E-state index in [0.29, 0.717) is 16.7 Å². The summed E-state index contributed by atoms with van der Waals surface area (Å²) in [5.74, 6) is -1.52. The first-order chi connectivity index (χ1) is 8.65. The second-order valence-corrected chi connectivity index (χ2v) is 3.96. The molecule has 3 aromatic rings.